The van der Waals surface area contributed by atoms with Crippen molar-refractivity contribution >= 4 is 5.97 Å². The molecule has 23 heavy (non-hydrogen) atoms. The van der Waals surface area contributed by atoms with Gasteiger partial charge in [-0.3, -0.25) is 4.79 Å². The Balaban J connectivity index is 3.68. The van der Waals surface area contributed by atoms with E-state index in [1.165, 1.54) is 0 Å². The standard InChI is InChI=1S/C20H30O3/c1-2-3-4-5-10-13-16-19(21)17-14-11-8-6-7-9-12-15-18-20(22)23/h3-4,7-11,13-14,17,19,21H,2,5-6,12,15-16,18H2,1H3,(H,22,23)/b4-3?,9-7?,11-8?,13-10?,17-14+. The SMILES string of the molecule is CCC=CCC=CCC(O)/C=C/C=CCC=CCCCC(=O)O. The second-order valence-corrected chi connectivity index (χ2v) is 5.20. The van der Waals surface area contributed by atoms with Crippen LogP contribution in [0.4, 0.5) is 0 Å². The zero-order chi connectivity index (χ0) is 17.2. The minimum Gasteiger partial charge on any atom is -0.481 e. The lowest BCUT2D eigenvalue weighted by Gasteiger charge is -1.98. The van der Waals surface area contributed by atoms with Crippen LogP contribution in [-0.2, 0) is 4.79 Å². The second-order valence-electron chi connectivity index (χ2n) is 5.20. The van der Waals surface area contributed by atoms with Crippen LogP contribution in [0.5, 0.6) is 0 Å². The lowest BCUT2D eigenvalue weighted by Crippen LogP contribution is -1.98. The summed E-state index contributed by atoms with van der Waals surface area (Å²) in [5.74, 6) is -0.741. The minimum absolute atomic E-state index is 0.226. The van der Waals surface area contributed by atoms with Crippen molar-refractivity contribution < 1.29 is 15.0 Å². The molecule has 0 aromatic carbocycles. The minimum atomic E-state index is -0.741. The highest BCUT2D eigenvalue weighted by atomic mass is 16.4. The summed E-state index contributed by atoms with van der Waals surface area (Å²) in [7, 11) is 0. The Kier molecular flexibility index (Phi) is 15.2. The maximum Gasteiger partial charge on any atom is 0.303 e. The molecule has 0 amide bonds. The summed E-state index contributed by atoms with van der Waals surface area (Å²) in [6.45, 7) is 2.11. The Morgan fingerprint density at radius 3 is 2.39 bits per heavy atom. The van der Waals surface area contributed by atoms with Crippen LogP contribution < -0.4 is 0 Å². The van der Waals surface area contributed by atoms with Crippen molar-refractivity contribution in [2.45, 2.75) is 58.0 Å². The van der Waals surface area contributed by atoms with Gasteiger partial charge in [0, 0.05) is 6.42 Å². The summed E-state index contributed by atoms with van der Waals surface area (Å²) in [5.41, 5.74) is 0. The number of carbonyl (C=O) groups is 1. The van der Waals surface area contributed by atoms with Crippen LogP contribution in [0, 0.1) is 0 Å². The average Bonchev–Trinajstić information content (AvgIpc) is 2.52. The molecule has 0 aliphatic heterocycles. The number of carboxylic acids is 1. The molecule has 0 aliphatic carbocycles. The molecule has 0 saturated carbocycles. The number of allylic oxidation sites excluding steroid dienone is 8. The van der Waals surface area contributed by atoms with Crippen LogP contribution in [0.3, 0.4) is 0 Å². The van der Waals surface area contributed by atoms with Gasteiger partial charge in [-0.25, -0.2) is 0 Å². The molecule has 3 nitrogen and oxygen atoms in total. The Hall–Kier alpha value is -1.87. The first kappa shape index (κ1) is 21.1. The number of rotatable bonds is 13. The number of aliphatic carboxylic acids is 1. The monoisotopic (exact) mass is 318 g/mol. The third-order valence-electron chi connectivity index (χ3n) is 3.00. The third kappa shape index (κ3) is 18.1. The Bertz CT molecular complexity index is 428. The fraction of sp³-hybridized carbons (Fsp3) is 0.450. The van der Waals surface area contributed by atoms with Crippen molar-refractivity contribution in [1.82, 2.24) is 0 Å². The number of aliphatic hydroxyl groups excluding tert-OH is 1. The van der Waals surface area contributed by atoms with Gasteiger partial charge in [-0.1, -0.05) is 67.7 Å². The molecular weight excluding hydrogens is 288 g/mol. The maximum absolute atomic E-state index is 10.3. The maximum atomic E-state index is 10.3. The number of aliphatic hydroxyl groups is 1. The van der Waals surface area contributed by atoms with E-state index < -0.39 is 12.1 Å². The first-order valence-corrected chi connectivity index (χ1v) is 8.35. The molecule has 2 N–H and O–H groups in total. The first-order chi connectivity index (χ1) is 11.2. The third-order valence-corrected chi connectivity index (χ3v) is 3.00. The zero-order valence-electron chi connectivity index (χ0n) is 14.1. The van der Waals surface area contributed by atoms with Gasteiger partial charge in [0.05, 0.1) is 6.10 Å². The lowest BCUT2D eigenvalue weighted by atomic mass is 10.2. The van der Waals surface area contributed by atoms with Gasteiger partial charge in [0.2, 0.25) is 0 Å². The van der Waals surface area contributed by atoms with Crippen LogP contribution in [-0.4, -0.2) is 22.3 Å². The highest BCUT2D eigenvalue weighted by Gasteiger charge is 1.93. The molecule has 0 heterocycles. The average molecular weight is 318 g/mol. The van der Waals surface area contributed by atoms with Crippen LogP contribution in [0.25, 0.3) is 0 Å². The fourth-order valence-corrected chi connectivity index (χ4v) is 1.77. The van der Waals surface area contributed by atoms with Gasteiger partial charge in [0.15, 0.2) is 0 Å². The van der Waals surface area contributed by atoms with Crippen molar-refractivity contribution in [2.75, 3.05) is 0 Å². The molecule has 0 aromatic heterocycles. The number of hydrogen-bond acceptors (Lipinski definition) is 2. The van der Waals surface area contributed by atoms with E-state index in [9.17, 15) is 9.90 Å². The smallest absolute Gasteiger partial charge is 0.303 e. The predicted molar refractivity (Wildman–Crippen MR) is 97.3 cm³/mol. The van der Waals surface area contributed by atoms with Gasteiger partial charge in [-0.2, -0.15) is 0 Å². The van der Waals surface area contributed by atoms with E-state index >= 15 is 0 Å². The van der Waals surface area contributed by atoms with E-state index in [0.29, 0.717) is 12.8 Å². The molecule has 0 rings (SSSR count). The van der Waals surface area contributed by atoms with E-state index in [-0.39, 0.29) is 6.42 Å². The summed E-state index contributed by atoms with van der Waals surface area (Å²) < 4.78 is 0. The van der Waals surface area contributed by atoms with Gasteiger partial charge in [-0.05, 0) is 38.5 Å². The number of unbranched alkanes of at least 4 members (excludes halogenated alkanes) is 1. The molecule has 128 valence electrons. The van der Waals surface area contributed by atoms with Crippen molar-refractivity contribution in [1.29, 1.82) is 0 Å². The Labute approximate surface area is 140 Å². The summed E-state index contributed by atoms with van der Waals surface area (Å²) in [6.07, 6.45) is 24.6. The zero-order valence-corrected chi connectivity index (χ0v) is 14.1. The molecule has 1 atom stereocenters. The van der Waals surface area contributed by atoms with Gasteiger partial charge < -0.3 is 10.2 Å². The second kappa shape index (κ2) is 16.5. The van der Waals surface area contributed by atoms with Crippen LogP contribution in [0.15, 0.2) is 60.8 Å². The highest BCUT2D eigenvalue weighted by Crippen LogP contribution is 2.00. The van der Waals surface area contributed by atoms with Gasteiger partial charge in [0.1, 0.15) is 0 Å². The molecule has 1 unspecified atom stereocenters. The molecule has 0 bridgehead atoms. The fourth-order valence-electron chi connectivity index (χ4n) is 1.77. The Morgan fingerprint density at radius 2 is 1.65 bits per heavy atom. The highest BCUT2D eigenvalue weighted by molar-refractivity contribution is 5.66. The summed E-state index contributed by atoms with van der Waals surface area (Å²) in [6, 6.07) is 0. The van der Waals surface area contributed by atoms with Crippen molar-refractivity contribution in [3.05, 3.63) is 60.8 Å². The van der Waals surface area contributed by atoms with Crippen LogP contribution >= 0.6 is 0 Å². The molecule has 3 heteroatoms. The van der Waals surface area contributed by atoms with Crippen LogP contribution in [0.2, 0.25) is 0 Å². The molecule has 0 radical (unpaired) electrons. The van der Waals surface area contributed by atoms with Gasteiger partial charge in [0.25, 0.3) is 0 Å². The van der Waals surface area contributed by atoms with E-state index in [2.05, 4.69) is 25.2 Å². The van der Waals surface area contributed by atoms with Gasteiger partial charge in [-0.15, -0.1) is 0 Å². The molecule has 0 spiro atoms. The summed E-state index contributed by atoms with van der Waals surface area (Å²) in [4.78, 5) is 10.3. The van der Waals surface area contributed by atoms with Crippen molar-refractivity contribution in [3.8, 4) is 0 Å². The largest absolute Gasteiger partial charge is 0.481 e. The van der Waals surface area contributed by atoms with E-state index in [1.807, 2.05) is 36.5 Å². The van der Waals surface area contributed by atoms with Crippen LogP contribution in [0.1, 0.15) is 51.9 Å². The lowest BCUT2D eigenvalue weighted by molar-refractivity contribution is -0.137. The molecule has 0 saturated heterocycles. The molecule has 0 aromatic rings. The number of carboxylic acid groups (broad SMARTS) is 1. The molecule has 0 fully saturated rings. The first-order valence-electron chi connectivity index (χ1n) is 8.35. The summed E-state index contributed by atoms with van der Waals surface area (Å²) >= 11 is 0. The topological polar surface area (TPSA) is 57.5 Å². The van der Waals surface area contributed by atoms with Crippen molar-refractivity contribution in [2.24, 2.45) is 0 Å². The summed E-state index contributed by atoms with van der Waals surface area (Å²) in [5, 5.41) is 18.2. The quantitative estimate of drug-likeness (QED) is 0.286. The van der Waals surface area contributed by atoms with Gasteiger partial charge >= 0.3 is 5.97 Å². The normalized spacial score (nSPS) is 14.2. The van der Waals surface area contributed by atoms with E-state index in [0.717, 1.165) is 25.7 Å². The molecule has 0 aliphatic rings. The van der Waals surface area contributed by atoms with E-state index in [1.54, 1.807) is 6.08 Å². The van der Waals surface area contributed by atoms with E-state index in [4.69, 9.17) is 5.11 Å². The Morgan fingerprint density at radius 1 is 0.957 bits per heavy atom. The van der Waals surface area contributed by atoms with Crippen molar-refractivity contribution in [3.63, 3.8) is 0 Å². The number of hydrogen-bond donors (Lipinski definition) is 2. The molecular formula is C20H30O3. The predicted octanol–water partition coefficient (Wildman–Crippen LogP) is 4.96.